The smallest absolute Gasteiger partial charge is 0.118 e. The van der Waals surface area contributed by atoms with Gasteiger partial charge in [-0.25, -0.2) is 0 Å². The Hall–Kier alpha value is -2.00. The zero-order chi connectivity index (χ0) is 15.4. The largest absolute Gasteiger partial charge is 0.497 e. The van der Waals surface area contributed by atoms with Crippen LogP contribution in [0.15, 0.2) is 42.5 Å². The van der Waals surface area contributed by atoms with E-state index in [4.69, 9.17) is 4.74 Å². The van der Waals surface area contributed by atoms with Crippen molar-refractivity contribution in [2.45, 2.75) is 13.3 Å². The fraction of sp³-hybridized carbons (Fsp3) is 0.368. The summed E-state index contributed by atoms with van der Waals surface area (Å²) in [7, 11) is 1.71. The molecule has 0 radical (unpaired) electrons. The van der Waals surface area contributed by atoms with E-state index in [0.717, 1.165) is 38.3 Å². The number of nitrogens with zero attached hydrogens (tertiary/aromatic N) is 1. The molecule has 2 aromatic carbocycles. The molecule has 0 spiro atoms. The Morgan fingerprint density at radius 3 is 2.45 bits per heavy atom. The molecular weight excluding hydrogens is 272 g/mol. The maximum absolute atomic E-state index is 5.24. The van der Waals surface area contributed by atoms with Gasteiger partial charge in [0, 0.05) is 31.9 Å². The molecule has 0 aliphatic carbocycles. The minimum Gasteiger partial charge on any atom is -0.497 e. The summed E-state index contributed by atoms with van der Waals surface area (Å²) in [5.41, 5.74) is 5.43. The third kappa shape index (κ3) is 3.42. The second-order valence-electron chi connectivity index (χ2n) is 5.89. The van der Waals surface area contributed by atoms with Gasteiger partial charge in [0.25, 0.3) is 0 Å². The fourth-order valence-corrected chi connectivity index (χ4v) is 3.03. The molecule has 0 bridgehead atoms. The molecule has 0 amide bonds. The van der Waals surface area contributed by atoms with Gasteiger partial charge in [0.1, 0.15) is 5.75 Å². The lowest BCUT2D eigenvalue weighted by Crippen LogP contribution is -2.43. The Morgan fingerprint density at radius 1 is 1.05 bits per heavy atom. The molecule has 2 aromatic rings. The number of anilines is 1. The molecule has 0 saturated carbocycles. The molecule has 1 heterocycles. The predicted octanol–water partition coefficient (Wildman–Crippen LogP) is 3.00. The molecule has 0 atom stereocenters. The van der Waals surface area contributed by atoms with Crippen LogP contribution in [0.5, 0.6) is 5.75 Å². The van der Waals surface area contributed by atoms with Gasteiger partial charge in [0.05, 0.1) is 7.11 Å². The van der Waals surface area contributed by atoms with E-state index in [1.54, 1.807) is 7.11 Å². The monoisotopic (exact) mass is 296 g/mol. The van der Waals surface area contributed by atoms with Crippen molar-refractivity contribution in [2.24, 2.45) is 0 Å². The molecule has 1 saturated heterocycles. The lowest BCUT2D eigenvalue weighted by atomic mass is 10.00. The van der Waals surface area contributed by atoms with Gasteiger partial charge in [-0.05, 0) is 42.7 Å². The standard InChI is InChI=1S/C19H24N2O/c1-15-3-8-19(21-11-9-20-10-12-21)17(13-15)14-16-4-6-18(22-2)7-5-16/h3-8,13,20H,9-12,14H2,1-2H3. The summed E-state index contributed by atoms with van der Waals surface area (Å²) < 4.78 is 5.24. The number of rotatable bonds is 4. The van der Waals surface area contributed by atoms with Crippen molar-refractivity contribution in [2.75, 3.05) is 38.2 Å². The second kappa shape index (κ2) is 6.84. The molecule has 1 aliphatic rings. The molecule has 0 aromatic heterocycles. The van der Waals surface area contributed by atoms with Gasteiger partial charge in [-0.3, -0.25) is 0 Å². The van der Waals surface area contributed by atoms with Crippen LogP contribution in [0.25, 0.3) is 0 Å². The minimum atomic E-state index is 0.912. The zero-order valence-electron chi connectivity index (χ0n) is 13.4. The van der Waals surface area contributed by atoms with Crippen molar-refractivity contribution in [3.8, 4) is 5.75 Å². The first-order chi connectivity index (χ1) is 10.8. The van der Waals surface area contributed by atoms with E-state index in [0.29, 0.717) is 0 Å². The summed E-state index contributed by atoms with van der Waals surface area (Å²) in [6, 6.07) is 15.2. The summed E-state index contributed by atoms with van der Waals surface area (Å²) in [5, 5.41) is 3.42. The predicted molar refractivity (Wildman–Crippen MR) is 92.1 cm³/mol. The highest BCUT2D eigenvalue weighted by Crippen LogP contribution is 2.25. The molecule has 22 heavy (non-hydrogen) atoms. The molecule has 1 N–H and O–H groups in total. The van der Waals surface area contributed by atoms with E-state index in [9.17, 15) is 0 Å². The minimum absolute atomic E-state index is 0.912. The molecule has 0 unspecified atom stereocenters. The SMILES string of the molecule is COc1ccc(Cc2cc(C)ccc2N2CCNCC2)cc1. The van der Waals surface area contributed by atoms with Crippen LogP contribution >= 0.6 is 0 Å². The molecule has 116 valence electrons. The quantitative estimate of drug-likeness (QED) is 0.938. The first-order valence-corrected chi connectivity index (χ1v) is 7.94. The van der Waals surface area contributed by atoms with Crippen molar-refractivity contribution in [1.29, 1.82) is 0 Å². The van der Waals surface area contributed by atoms with E-state index in [2.05, 4.69) is 47.5 Å². The lowest BCUT2D eigenvalue weighted by molar-refractivity contribution is 0.414. The molecule has 3 heteroatoms. The van der Waals surface area contributed by atoms with Gasteiger partial charge in [-0.1, -0.05) is 29.8 Å². The summed E-state index contributed by atoms with van der Waals surface area (Å²) in [6.45, 7) is 6.46. The van der Waals surface area contributed by atoms with Crippen LogP contribution in [0.3, 0.4) is 0 Å². The van der Waals surface area contributed by atoms with Gasteiger partial charge in [-0.2, -0.15) is 0 Å². The van der Waals surface area contributed by atoms with E-state index in [1.165, 1.54) is 22.4 Å². The van der Waals surface area contributed by atoms with Crippen molar-refractivity contribution < 1.29 is 4.74 Å². The Bertz CT molecular complexity index is 616. The van der Waals surface area contributed by atoms with E-state index < -0.39 is 0 Å². The van der Waals surface area contributed by atoms with Crippen LogP contribution in [0.1, 0.15) is 16.7 Å². The lowest BCUT2D eigenvalue weighted by Gasteiger charge is -2.31. The number of piperazine rings is 1. The number of hydrogen-bond donors (Lipinski definition) is 1. The van der Waals surface area contributed by atoms with Crippen LogP contribution in [0.4, 0.5) is 5.69 Å². The molecule has 1 fully saturated rings. The van der Waals surface area contributed by atoms with Gasteiger partial charge < -0.3 is 15.0 Å². The number of nitrogens with one attached hydrogen (secondary N) is 1. The normalized spacial score (nSPS) is 14.9. The van der Waals surface area contributed by atoms with Gasteiger partial charge in [0.2, 0.25) is 0 Å². The topological polar surface area (TPSA) is 24.5 Å². The third-order valence-corrected chi connectivity index (χ3v) is 4.25. The van der Waals surface area contributed by atoms with Crippen LogP contribution in [-0.2, 0) is 6.42 Å². The first kappa shape index (κ1) is 14.9. The van der Waals surface area contributed by atoms with Gasteiger partial charge in [-0.15, -0.1) is 0 Å². The Balaban J connectivity index is 1.85. The molecular formula is C19H24N2O. The molecule has 1 aliphatic heterocycles. The van der Waals surface area contributed by atoms with Crippen molar-refractivity contribution >= 4 is 5.69 Å². The Kier molecular flexibility index (Phi) is 4.64. The maximum Gasteiger partial charge on any atom is 0.118 e. The second-order valence-corrected chi connectivity index (χ2v) is 5.89. The average molecular weight is 296 g/mol. The van der Waals surface area contributed by atoms with Crippen LogP contribution in [-0.4, -0.2) is 33.3 Å². The number of benzene rings is 2. The first-order valence-electron chi connectivity index (χ1n) is 7.94. The van der Waals surface area contributed by atoms with Gasteiger partial charge in [0.15, 0.2) is 0 Å². The Morgan fingerprint density at radius 2 is 1.77 bits per heavy atom. The van der Waals surface area contributed by atoms with Gasteiger partial charge >= 0.3 is 0 Å². The third-order valence-electron chi connectivity index (χ3n) is 4.25. The fourth-order valence-electron chi connectivity index (χ4n) is 3.03. The number of aryl methyl sites for hydroxylation is 1. The zero-order valence-corrected chi connectivity index (χ0v) is 13.4. The average Bonchev–Trinajstić information content (AvgIpc) is 2.56. The summed E-state index contributed by atoms with van der Waals surface area (Å²) >= 11 is 0. The number of ether oxygens (including phenoxy) is 1. The highest BCUT2D eigenvalue weighted by molar-refractivity contribution is 5.57. The summed E-state index contributed by atoms with van der Waals surface area (Å²) in [5.74, 6) is 0.912. The number of hydrogen-bond acceptors (Lipinski definition) is 3. The summed E-state index contributed by atoms with van der Waals surface area (Å²) in [6.07, 6.45) is 0.963. The highest BCUT2D eigenvalue weighted by Gasteiger charge is 2.14. The van der Waals surface area contributed by atoms with E-state index >= 15 is 0 Å². The Labute approximate surface area is 132 Å². The van der Waals surface area contributed by atoms with E-state index in [1.807, 2.05) is 12.1 Å². The molecule has 3 nitrogen and oxygen atoms in total. The number of methoxy groups -OCH3 is 1. The van der Waals surface area contributed by atoms with Crippen LogP contribution < -0.4 is 15.0 Å². The maximum atomic E-state index is 5.24. The van der Waals surface area contributed by atoms with Crippen LogP contribution in [0.2, 0.25) is 0 Å². The van der Waals surface area contributed by atoms with Crippen molar-refractivity contribution in [3.63, 3.8) is 0 Å². The molecule has 3 rings (SSSR count). The highest BCUT2D eigenvalue weighted by atomic mass is 16.5. The summed E-state index contributed by atoms with van der Waals surface area (Å²) in [4.78, 5) is 2.49. The van der Waals surface area contributed by atoms with Crippen molar-refractivity contribution in [1.82, 2.24) is 5.32 Å². The van der Waals surface area contributed by atoms with Crippen molar-refractivity contribution in [3.05, 3.63) is 59.2 Å². The van der Waals surface area contributed by atoms with Crippen LogP contribution in [0, 0.1) is 6.92 Å². The van der Waals surface area contributed by atoms with E-state index in [-0.39, 0.29) is 0 Å².